The van der Waals surface area contributed by atoms with Crippen molar-refractivity contribution in [2.24, 2.45) is 0 Å². The van der Waals surface area contributed by atoms with Crippen LogP contribution in [-0.4, -0.2) is 31.8 Å². The summed E-state index contributed by atoms with van der Waals surface area (Å²) in [6.07, 6.45) is 4.72. The first-order valence-electron chi connectivity index (χ1n) is 7.08. The topological polar surface area (TPSA) is 38.8 Å². The SMILES string of the molecule is O=C1COc2ccc(I)cc2N1CCCC1CCCO1. The Balaban J connectivity index is 1.65. The molecule has 1 aromatic carbocycles. The number of hydrogen-bond donors (Lipinski definition) is 0. The van der Waals surface area contributed by atoms with Gasteiger partial charge in [0, 0.05) is 16.7 Å². The number of benzene rings is 1. The van der Waals surface area contributed by atoms with Crippen LogP contribution in [0, 0.1) is 3.57 Å². The minimum Gasteiger partial charge on any atom is -0.482 e. The lowest BCUT2D eigenvalue weighted by Gasteiger charge is -2.29. The molecule has 0 aliphatic carbocycles. The van der Waals surface area contributed by atoms with Gasteiger partial charge in [-0.1, -0.05) is 0 Å². The molecule has 1 unspecified atom stereocenters. The van der Waals surface area contributed by atoms with Crippen molar-refractivity contribution in [1.82, 2.24) is 0 Å². The third-order valence-electron chi connectivity index (χ3n) is 3.80. The number of rotatable bonds is 4. The van der Waals surface area contributed by atoms with E-state index in [1.54, 1.807) is 0 Å². The Hall–Kier alpha value is -0.820. The van der Waals surface area contributed by atoms with Crippen molar-refractivity contribution >= 4 is 34.2 Å². The highest BCUT2D eigenvalue weighted by Gasteiger charge is 2.25. The van der Waals surface area contributed by atoms with Gasteiger partial charge in [-0.2, -0.15) is 0 Å². The van der Waals surface area contributed by atoms with Gasteiger partial charge in [-0.15, -0.1) is 0 Å². The molecule has 0 saturated carbocycles. The van der Waals surface area contributed by atoms with Gasteiger partial charge in [-0.25, -0.2) is 0 Å². The first kappa shape index (κ1) is 14.1. The van der Waals surface area contributed by atoms with Gasteiger partial charge in [0.25, 0.3) is 5.91 Å². The zero-order valence-electron chi connectivity index (χ0n) is 11.3. The molecule has 0 aromatic heterocycles. The molecule has 0 N–H and O–H groups in total. The summed E-state index contributed by atoms with van der Waals surface area (Å²) in [5.41, 5.74) is 0.903. The largest absolute Gasteiger partial charge is 0.482 e. The second-order valence-electron chi connectivity index (χ2n) is 5.22. The number of hydrogen-bond acceptors (Lipinski definition) is 3. The van der Waals surface area contributed by atoms with Crippen LogP contribution in [0.15, 0.2) is 18.2 Å². The minimum absolute atomic E-state index is 0.0480. The molecular formula is C15H18INO3. The molecule has 0 spiro atoms. The highest BCUT2D eigenvalue weighted by Crippen LogP contribution is 2.33. The van der Waals surface area contributed by atoms with E-state index < -0.39 is 0 Å². The number of halogens is 1. The van der Waals surface area contributed by atoms with Gasteiger partial charge in [0.1, 0.15) is 5.75 Å². The van der Waals surface area contributed by atoms with Gasteiger partial charge >= 0.3 is 0 Å². The fourth-order valence-corrected chi connectivity index (χ4v) is 3.24. The first-order valence-corrected chi connectivity index (χ1v) is 8.16. The van der Waals surface area contributed by atoms with Gasteiger partial charge < -0.3 is 14.4 Å². The normalized spacial score (nSPS) is 21.8. The maximum absolute atomic E-state index is 12.1. The van der Waals surface area contributed by atoms with E-state index in [2.05, 4.69) is 22.6 Å². The Labute approximate surface area is 132 Å². The summed E-state index contributed by atoms with van der Waals surface area (Å²) in [6, 6.07) is 5.95. The van der Waals surface area contributed by atoms with E-state index in [9.17, 15) is 4.79 Å². The predicted molar refractivity (Wildman–Crippen MR) is 85.2 cm³/mol. The molecule has 20 heavy (non-hydrogen) atoms. The van der Waals surface area contributed by atoms with Crippen LogP contribution in [0.1, 0.15) is 25.7 Å². The van der Waals surface area contributed by atoms with Gasteiger partial charge in [0.2, 0.25) is 0 Å². The average Bonchev–Trinajstić information content (AvgIpc) is 2.94. The van der Waals surface area contributed by atoms with E-state index >= 15 is 0 Å². The molecule has 4 nitrogen and oxygen atoms in total. The maximum atomic E-state index is 12.1. The Morgan fingerprint density at radius 1 is 1.40 bits per heavy atom. The fraction of sp³-hybridized carbons (Fsp3) is 0.533. The summed E-state index contributed by atoms with van der Waals surface area (Å²) in [6.45, 7) is 1.78. The van der Waals surface area contributed by atoms with E-state index in [1.165, 1.54) is 6.42 Å². The van der Waals surface area contributed by atoms with Crippen molar-refractivity contribution in [1.29, 1.82) is 0 Å². The quantitative estimate of drug-likeness (QED) is 0.746. The van der Waals surface area contributed by atoms with Crippen LogP contribution >= 0.6 is 22.6 Å². The molecule has 2 heterocycles. The van der Waals surface area contributed by atoms with Crippen LogP contribution in [0.3, 0.4) is 0 Å². The molecule has 2 aliphatic rings. The average molecular weight is 387 g/mol. The lowest BCUT2D eigenvalue weighted by Crippen LogP contribution is -2.39. The minimum atomic E-state index is 0.0480. The molecule has 5 heteroatoms. The second kappa shape index (κ2) is 6.30. The number of carbonyl (C=O) groups is 1. The number of anilines is 1. The molecule has 0 radical (unpaired) electrons. The molecule has 108 valence electrons. The summed E-state index contributed by atoms with van der Waals surface area (Å²) >= 11 is 2.26. The molecule has 1 saturated heterocycles. The monoisotopic (exact) mass is 387 g/mol. The summed E-state index contributed by atoms with van der Waals surface area (Å²) in [5, 5.41) is 0. The molecule has 1 amide bonds. The van der Waals surface area contributed by atoms with Crippen LogP contribution in [-0.2, 0) is 9.53 Å². The third kappa shape index (κ3) is 3.09. The molecular weight excluding hydrogens is 369 g/mol. The predicted octanol–water partition coefficient (Wildman–Crippen LogP) is 2.98. The van der Waals surface area contributed by atoms with E-state index in [4.69, 9.17) is 9.47 Å². The molecule has 2 aliphatic heterocycles. The Bertz CT molecular complexity index is 500. The summed E-state index contributed by atoms with van der Waals surface area (Å²) in [7, 11) is 0. The number of fused-ring (bicyclic) bond motifs is 1. The van der Waals surface area contributed by atoms with Crippen LogP contribution in [0.4, 0.5) is 5.69 Å². The van der Waals surface area contributed by atoms with Crippen molar-refractivity contribution in [3.8, 4) is 5.75 Å². The Morgan fingerprint density at radius 2 is 2.30 bits per heavy atom. The van der Waals surface area contributed by atoms with Crippen molar-refractivity contribution < 1.29 is 14.3 Å². The van der Waals surface area contributed by atoms with Crippen LogP contribution in [0.25, 0.3) is 0 Å². The highest BCUT2D eigenvalue weighted by molar-refractivity contribution is 14.1. The van der Waals surface area contributed by atoms with Crippen molar-refractivity contribution in [2.75, 3.05) is 24.7 Å². The first-order chi connectivity index (χ1) is 9.74. The number of ether oxygens (including phenoxy) is 2. The standard InChI is InChI=1S/C15H18INO3/c16-11-5-6-14-13(9-11)17(15(18)10-20-14)7-1-3-12-4-2-8-19-12/h5-6,9,12H,1-4,7-8,10H2. The van der Waals surface area contributed by atoms with Crippen LogP contribution in [0.2, 0.25) is 0 Å². The number of carbonyl (C=O) groups excluding carboxylic acids is 1. The van der Waals surface area contributed by atoms with E-state index in [-0.39, 0.29) is 12.5 Å². The Kier molecular flexibility index (Phi) is 4.45. The lowest BCUT2D eigenvalue weighted by atomic mass is 10.1. The number of amides is 1. The van der Waals surface area contributed by atoms with E-state index in [0.29, 0.717) is 6.10 Å². The maximum Gasteiger partial charge on any atom is 0.265 e. The molecule has 0 bridgehead atoms. The third-order valence-corrected chi connectivity index (χ3v) is 4.47. The summed E-state index contributed by atoms with van der Waals surface area (Å²) in [5.74, 6) is 0.856. The zero-order valence-corrected chi connectivity index (χ0v) is 13.5. The lowest BCUT2D eigenvalue weighted by molar-refractivity contribution is -0.121. The summed E-state index contributed by atoms with van der Waals surface area (Å²) in [4.78, 5) is 13.9. The van der Waals surface area contributed by atoms with Gasteiger partial charge in [0.15, 0.2) is 6.61 Å². The van der Waals surface area contributed by atoms with Crippen LogP contribution < -0.4 is 9.64 Å². The van der Waals surface area contributed by atoms with Crippen molar-refractivity contribution in [3.05, 3.63) is 21.8 Å². The summed E-state index contributed by atoms with van der Waals surface area (Å²) < 4.78 is 12.2. The fourth-order valence-electron chi connectivity index (χ4n) is 2.77. The van der Waals surface area contributed by atoms with E-state index in [1.807, 2.05) is 23.1 Å². The van der Waals surface area contributed by atoms with Crippen molar-refractivity contribution in [2.45, 2.75) is 31.8 Å². The smallest absolute Gasteiger partial charge is 0.265 e. The highest BCUT2D eigenvalue weighted by atomic mass is 127. The van der Waals surface area contributed by atoms with Crippen molar-refractivity contribution in [3.63, 3.8) is 0 Å². The molecule has 3 rings (SSSR count). The molecule has 1 atom stereocenters. The zero-order chi connectivity index (χ0) is 13.9. The second-order valence-corrected chi connectivity index (χ2v) is 6.47. The van der Waals surface area contributed by atoms with Gasteiger partial charge in [0.05, 0.1) is 11.8 Å². The van der Waals surface area contributed by atoms with Gasteiger partial charge in [-0.3, -0.25) is 4.79 Å². The Morgan fingerprint density at radius 3 is 3.10 bits per heavy atom. The van der Waals surface area contributed by atoms with Crippen LogP contribution in [0.5, 0.6) is 5.75 Å². The molecule has 1 fully saturated rings. The van der Waals surface area contributed by atoms with Gasteiger partial charge in [-0.05, 0) is 66.5 Å². The number of nitrogens with zero attached hydrogens (tertiary/aromatic N) is 1. The molecule has 1 aromatic rings. The van der Waals surface area contributed by atoms with E-state index in [0.717, 1.165) is 47.4 Å².